The Morgan fingerprint density at radius 2 is 2.29 bits per heavy atom. The highest BCUT2D eigenvalue weighted by atomic mass is 79.9. The van der Waals surface area contributed by atoms with Crippen LogP contribution >= 0.6 is 15.9 Å². The first-order valence-corrected chi connectivity index (χ1v) is 5.07. The zero-order chi connectivity index (χ0) is 10.6. The quantitative estimate of drug-likeness (QED) is 0.597. The molecule has 0 unspecified atom stereocenters. The minimum atomic E-state index is -0.319. The van der Waals surface area contributed by atoms with Crippen molar-refractivity contribution in [1.29, 1.82) is 0 Å². The first-order chi connectivity index (χ1) is 6.67. The second-order valence-corrected chi connectivity index (χ2v) is 3.77. The van der Waals surface area contributed by atoms with Crippen molar-refractivity contribution in [3.8, 4) is 0 Å². The molecule has 1 rings (SSSR count). The van der Waals surface area contributed by atoms with Gasteiger partial charge in [-0.1, -0.05) is 22.9 Å². The Bertz CT molecular complexity index is 372. The maximum Gasteiger partial charge on any atom is 0.146 e. The van der Waals surface area contributed by atoms with E-state index >= 15 is 0 Å². The number of carbonyl (C=O) groups is 1. The highest BCUT2D eigenvalue weighted by Crippen LogP contribution is 2.18. The Kier molecular flexibility index (Phi) is 4.01. The molecule has 0 aliphatic heterocycles. The van der Waals surface area contributed by atoms with E-state index in [0.29, 0.717) is 17.6 Å². The predicted octanol–water partition coefficient (Wildman–Crippen LogP) is 3.58. The van der Waals surface area contributed by atoms with E-state index in [1.807, 2.05) is 6.92 Å². The molecule has 14 heavy (non-hydrogen) atoms. The summed E-state index contributed by atoms with van der Waals surface area (Å²) < 4.78 is 14.0. The average molecular weight is 257 g/mol. The van der Waals surface area contributed by atoms with Gasteiger partial charge in [0.1, 0.15) is 12.1 Å². The lowest BCUT2D eigenvalue weighted by atomic mass is 10.1. The SMILES string of the molecule is CCC(C=O)=Cc1cc(Br)ccc1F. The highest BCUT2D eigenvalue weighted by Gasteiger charge is 2.01. The van der Waals surface area contributed by atoms with Gasteiger partial charge in [0.2, 0.25) is 0 Å². The van der Waals surface area contributed by atoms with Crippen LogP contribution in [0.25, 0.3) is 6.08 Å². The molecule has 1 aromatic carbocycles. The second-order valence-electron chi connectivity index (χ2n) is 2.86. The summed E-state index contributed by atoms with van der Waals surface area (Å²) in [4.78, 5) is 10.5. The van der Waals surface area contributed by atoms with Crippen LogP contribution in [0.4, 0.5) is 4.39 Å². The third-order valence-corrected chi connectivity index (χ3v) is 2.35. The van der Waals surface area contributed by atoms with Crippen molar-refractivity contribution in [2.75, 3.05) is 0 Å². The molecule has 0 amide bonds. The average Bonchev–Trinajstić information content (AvgIpc) is 2.19. The number of benzene rings is 1. The van der Waals surface area contributed by atoms with Gasteiger partial charge in [-0.2, -0.15) is 0 Å². The van der Waals surface area contributed by atoms with Gasteiger partial charge in [0.15, 0.2) is 0 Å². The van der Waals surface area contributed by atoms with Gasteiger partial charge in [-0.3, -0.25) is 4.79 Å². The van der Waals surface area contributed by atoms with Crippen molar-refractivity contribution in [1.82, 2.24) is 0 Å². The number of hydrogen-bond acceptors (Lipinski definition) is 1. The third kappa shape index (κ3) is 2.77. The number of carbonyl (C=O) groups excluding carboxylic acids is 1. The van der Waals surface area contributed by atoms with Crippen molar-refractivity contribution < 1.29 is 9.18 Å². The summed E-state index contributed by atoms with van der Waals surface area (Å²) >= 11 is 3.25. The summed E-state index contributed by atoms with van der Waals surface area (Å²) in [6.45, 7) is 1.86. The molecule has 1 nitrogen and oxygen atoms in total. The van der Waals surface area contributed by atoms with E-state index in [9.17, 15) is 9.18 Å². The Morgan fingerprint density at radius 3 is 2.86 bits per heavy atom. The van der Waals surface area contributed by atoms with Gasteiger partial charge in [0, 0.05) is 10.0 Å². The van der Waals surface area contributed by atoms with Crippen LogP contribution in [0.1, 0.15) is 18.9 Å². The molecule has 0 N–H and O–H groups in total. The van der Waals surface area contributed by atoms with E-state index in [2.05, 4.69) is 15.9 Å². The number of halogens is 2. The van der Waals surface area contributed by atoms with Crippen molar-refractivity contribution in [2.45, 2.75) is 13.3 Å². The fourth-order valence-corrected chi connectivity index (χ4v) is 1.42. The fourth-order valence-electron chi connectivity index (χ4n) is 1.04. The molecule has 0 atom stereocenters. The molecule has 0 saturated heterocycles. The lowest BCUT2D eigenvalue weighted by Gasteiger charge is -1.99. The van der Waals surface area contributed by atoms with Gasteiger partial charge in [-0.05, 0) is 36.3 Å². The van der Waals surface area contributed by atoms with Crippen LogP contribution in [0.3, 0.4) is 0 Å². The molecule has 0 spiro atoms. The van der Waals surface area contributed by atoms with Gasteiger partial charge in [0.25, 0.3) is 0 Å². The van der Waals surface area contributed by atoms with E-state index in [4.69, 9.17) is 0 Å². The smallest absolute Gasteiger partial charge is 0.146 e. The minimum Gasteiger partial charge on any atom is -0.298 e. The lowest BCUT2D eigenvalue weighted by molar-refractivity contribution is -0.104. The lowest BCUT2D eigenvalue weighted by Crippen LogP contribution is -1.86. The molecular formula is C11H10BrFO. The zero-order valence-electron chi connectivity index (χ0n) is 7.76. The number of rotatable bonds is 3. The van der Waals surface area contributed by atoms with Gasteiger partial charge >= 0.3 is 0 Å². The topological polar surface area (TPSA) is 17.1 Å². The monoisotopic (exact) mass is 256 g/mol. The van der Waals surface area contributed by atoms with Crippen LogP contribution in [0.15, 0.2) is 28.2 Å². The molecule has 0 saturated carbocycles. The van der Waals surface area contributed by atoms with E-state index in [-0.39, 0.29) is 5.82 Å². The Balaban J connectivity index is 3.12. The van der Waals surface area contributed by atoms with E-state index < -0.39 is 0 Å². The second kappa shape index (κ2) is 5.05. The van der Waals surface area contributed by atoms with Crippen LogP contribution in [0, 0.1) is 5.82 Å². The van der Waals surface area contributed by atoms with Crippen molar-refractivity contribution >= 4 is 28.3 Å². The third-order valence-electron chi connectivity index (χ3n) is 1.86. The maximum atomic E-state index is 13.2. The summed E-state index contributed by atoms with van der Waals surface area (Å²) in [5.74, 6) is -0.319. The Morgan fingerprint density at radius 1 is 1.57 bits per heavy atom. The highest BCUT2D eigenvalue weighted by molar-refractivity contribution is 9.10. The molecule has 0 radical (unpaired) electrons. The molecular weight excluding hydrogens is 247 g/mol. The van der Waals surface area contributed by atoms with Gasteiger partial charge in [-0.25, -0.2) is 4.39 Å². The number of aldehydes is 1. The summed E-state index contributed by atoms with van der Waals surface area (Å²) in [7, 11) is 0. The van der Waals surface area contributed by atoms with Crippen LogP contribution < -0.4 is 0 Å². The van der Waals surface area contributed by atoms with Crippen LogP contribution in [-0.4, -0.2) is 6.29 Å². The maximum absolute atomic E-state index is 13.2. The Labute approximate surface area is 90.8 Å². The van der Waals surface area contributed by atoms with Crippen molar-refractivity contribution in [2.24, 2.45) is 0 Å². The molecule has 0 fully saturated rings. The largest absolute Gasteiger partial charge is 0.298 e. The van der Waals surface area contributed by atoms with Gasteiger partial charge in [-0.15, -0.1) is 0 Å². The molecule has 0 aromatic heterocycles. The zero-order valence-corrected chi connectivity index (χ0v) is 9.34. The molecule has 0 heterocycles. The van der Waals surface area contributed by atoms with Crippen LogP contribution in [0.2, 0.25) is 0 Å². The van der Waals surface area contributed by atoms with Crippen LogP contribution in [-0.2, 0) is 4.79 Å². The number of hydrogen-bond donors (Lipinski definition) is 0. The van der Waals surface area contributed by atoms with Gasteiger partial charge in [0.05, 0.1) is 0 Å². The first kappa shape index (κ1) is 11.1. The van der Waals surface area contributed by atoms with E-state index in [1.165, 1.54) is 6.07 Å². The molecule has 3 heteroatoms. The summed E-state index contributed by atoms with van der Waals surface area (Å²) in [5.41, 5.74) is 1.02. The molecule has 0 bridgehead atoms. The van der Waals surface area contributed by atoms with Crippen LogP contribution in [0.5, 0.6) is 0 Å². The van der Waals surface area contributed by atoms with Crippen molar-refractivity contribution in [3.05, 3.63) is 39.6 Å². The first-order valence-electron chi connectivity index (χ1n) is 4.28. The molecule has 1 aromatic rings. The molecule has 74 valence electrons. The van der Waals surface area contributed by atoms with Crippen molar-refractivity contribution in [3.63, 3.8) is 0 Å². The Hall–Kier alpha value is -0.960. The minimum absolute atomic E-state index is 0.319. The molecule has 0 aliphatic carbocycles. The fraction of sp³-hybridized carbons (Fsp3) is 0.182. The normalized spacial score (nSPS) is 11.5. The van der Waals surface area contributed by atoms with E-state index in [0.717, 1.165) is 10.8 Å². The number of allylic oxidation sites excluding steroid dienone is 1. The predicted molar refractivity (Wildman–Crippen MR) is 58.4 cm³/mol. The standard InChI is InChI=1S/C11H10BrFO/c1-2-8(7-14)5-9-6-10(12)3-4-11(9)13/h3-7H,2H2,1H3. The van der Waals surface area contributed by atoms with E-state index in [1.54, 1.807) is 18.2 Å². The summed E-state index contributed by atoms with van der Waals surface area (Å²) in [5, 5.41) is 0. The molecule has 0 aliphatic rings. The summed E-state index contributed by atoms with van der Waals surface area (Å²) in [6.07, 6.45) is 2.92. The summed E-state index contributed by atoms with van der Waals surface area (Å²) in [6, 6.07) is 4.64. The van der Waals surface area contributed by atoms with Gasteiger partial charge < -0.3 is 0 Å².